The van der Waals surface area contributed by atoms with E-state index in [0.29, 0.717) is 0 Å². The molecule has 0 spiro atoms. The van der Waals surface area contributed by atoms with Crippen molar-refractivity contribution in [2.45, 2.75) is 38.5 Å². The summed E-state index contributed by atoms with van der Waals surface area (Å²) in [5, 5.41) is 0. The summed E-state index contributed by atoms with van der Waals surface area (Å²) in [6, 6.07) is 6.03. The largest absolute Gasteiger partial charge is 0.398 e. The number of hydrogen-bond acceptors (Lipinski definition) is 1. The lowest BCUT2D eigenvalue weighted by Crippen LogP contribution is -2.11. The molecule has 0 saturated carbocycles. The van der Waals surface area contributed by atoms with Crippen molar-refractivity contribution >= 4 is 5.69 Å². The van der Waals surface area contributed by atoms with Gasteiger partial charge < -0.3 is 5.73 Å². The number of nitrogen functional groups attached to an aromatic ring is 1. The van der Waals surface area contributed by atoms with E-state index in [1.807, 2.05) is 12.1 Å². The summed E-state index contributed by atoms with van der Waals surface area (Å²) in [6.45, 7) is 6.36. The highest BCUT2D eigenvalue weighted by Gasteiger charge is 2.35. The van der Waals surface area contributed by atoms with Crippen molar-refractivity contribution in [1.82, 2.24) is 0 Å². The van der Waals surface area contributed by atoms with E-state index < -0.39 is 0 Å². The number of hydrogen-bond donors (Lipinski definition) is 1. The van der Waals surface area contributed by atoms with Gasteiger partial charge >= 0.3 is 0 Å². The summed E-state index contributed by atoms with van der Waals surface area (Å²) in [6.07, 6.45) is -0.0813. The minimum atomic E-state index is -0.0813. The third-order valence-electron chi connectivity index (χ3n) is 2.96. The third-order valence-corrected chi connectivity index (χ3v) is 2.96. The highest BCUT2D eigenvalue weighted by Crippen LogP contribution is 2.47. The molecule has 1 aromatic carbocycles. The summed E-state index contributed by atoms with van der Waals surface area (Å²) in [5.74, 6) is 0.251. The van der Waals surface area contributed by atoms with Crippen LogP contribution in [-0.4, -0.2) is 0 Å². The van der Waals surface area contributed by atoms with Gasteiger partial charge in [0.15, 0.2) is 0 Å². The van der Waals surface area contributed by atoms with Crippen LogP contribution in [0.25, 0.3) is 0 Å². The Kier molecular flexibility index (Phi) is 1.43. The second-order valence-corrected chi connectivity index (χ2v) is 4.49. The van der Waals surface area contributed by atoms with Crippen LogP contribution in [0.1, 0.15) is 45.6 Å². The maximum absolute atomic E-state index is 8.17. The van der Waals surface area contributed by atoms with E-state index in [2.05, 4.69) is 26.8 Å². The Hall–Kier alpha value is -0.980. The second kappa shape index (κ2) is 2.50. The number of anilines is 1. The predicted molar refractivity (Wildman–Crippen MR) is 56.9 cm³/mol. The molecule has 0 heterocycles. The normalized spacial score (nSPS) is 31.2. The van der Waals surface area contributed by atoms with Crippen molar-refractivity contribution in [3.63, 3.8) is 0 Å². The molecule has 0 bridgehead atoms. The first-order chi connectivity index (χ1) is 6.46. The number of fused-ring (bicyclic) bond motifs is 1. The Bertz CT molecular complexity index is 371. The quantitative estimate of drug-likeness (QED) is 0.604. The van der Waals surface area contributed by atoms with Crippen LogP contribution in [0.4, 0.5) is 5.69 Å². The van der Waals surface area contributed by atoms with Crippen molar-refractivity contribution in [2.75, 3.05) is 5.73 Å². The van der Waals surface area contributed by atoms with Gasteiger partial charge in [-0.05, 0) is 34.9 Å². The van der Waals surface area contributed by atoms with Crippen molar-refractivity contribution in [3.8, 4) is 0 Å². The minimum Gasteiger partial charge on any atom is -0.398 e. The lowest BCUT2D eigenvalue weighted by atomic mass is 9.86. The van der Waals surface area contributed by atoms with E-state index in [1.165, 1.54) is 11.1 Å². The van der Waals surface area contributed by atoms with Gasteiger partial charge in [0.1, 0.15) is 0 Å². The van der Waals surface area contributed by atoms with Crippen LogP contribution in [0, 0.1) is 0 Å². The molecule has 1 unspecified atom stereocenters. The highest BCUT2D eigenvalue weighted by molar-refractivity contribution is 5.57. The van der Waals surface area contributed by atoms with Crippen LogP contribution in [0.2, 0.25) is 0 Å². The molecule has 0 amide bonds. The van der Waals surface area contributed by atoms with E-state index in [9.17, 15) is 0 Å². The second-order valence-electron chi connectivity index (χ2n) is 4.49. The van der Waals surface area contributed by atoms with Crippen LogP contribution in [0.5, 0.6) is 0 Å². The molecule has 1 aliphatic rings. The van der Waals surface area contributed by atoms with Crippen LogP contribution in [0.15, 0.2) is 18.2 Å². The summed E-state index contributed by atoms with van der Waals surface area (Å²) in [7, 11) is 0. The Morgan fingerprint density at radius 2 is 2.23 bits per heavy atom. The number of benzene rings is 1. The monoisotopic (exact) mass is 176 g/mol. The molecule has 0 aromatic heterocycles. The average Bonchev–Trinajstić information content (AvgIpc) is 2.30. The van der Waals surface area contributed by atoms with Gasteiger partial charge in [0, 0.05) is 7.06 Å². The summed E-state index contributed by atoms with van der Waals surface area (Å²) in [4.78, 5) is 0. The van der Waals surface area contributed by atoms with Gasteiger partial charge in [-0.3, -0.25) is 0 Å². The molecule has 1 aromatic rings. The Morgan fingerprint density at radius 1 is 1.54 bits per heavy atom. The van der Waals surface area contributed by atoms with E-state index in [4.69, 9.17) is 7.10 Å². The van der Waals surface area contributed by atoms with Crippen LogP contribution < -0.4 is 5.73 Å². The molecule has 1 aliphatic carbocycles. The molecule has 1 nitrogen and oxygen atoms in total. The molecular weight excluding hydrogens is 158 g/mol. The van der Waals surface area contributed by atoms with E-state index >= 15 is 0 Å². The number of nitrogens with two attached hydrogens (primary N) is 1. The maximum Gasteiger partial charge on any atom is 0.0352 e. The lowest BCUT2D eigenvalue weighted by Gasteiger charge is -2.18. The zero-order valence-electron chi connectivity index (χ0n) is 9.46. The van der Waals surface area contributed by atoms with Gasteiger partial charge in [-0.1, -0.05) is 32.9 Å². The molecular formula is C12H17N. The Balaban J connectivity index is 2.68. The van der Waals surface area contributed by atoms with Crippen LogP contribution in [-0.2, 0) is 5.41 Å². The van der Waals surface area contributed by atoms with Crippen molar-refractivity contribution in [1.29, 1.82) is 0 Å². The summed E-state index contributed by atoms with van der Waals surface area (Å²) >= 11 is 0. The fourth-order valence-electron chi connectivity index (χ4n) is 2.45. The van der Waals surface area contributed by atoms with Crippen LogP contribution in [0.3, 0.4) is 0 Å². The average molecular weight is 176 g/mol. The van der Waals surface area contributed by atoms with Crippen molar-refractivity contribution in [3.05, 3.63) is 29.3 Å². The molecule has 70 valence electrons. The van der Waals surface area contributed by atoms with Gasteiger partial charge in [0.2, 0.25) is 0 Å². The van der Waals surface area contributed by atoms with Crippen molar-refractivity contribution in [2.24, 2.45) is 0 Å². The Morgan fingerprint density at radius 3 is 2.85 bits per heavy atom. The smallest absolute Gasteiger partial charge is 0.0352 e. The molecule has 2 N–H and O–H groups in total. The first-order valence-corrected chi connectivity index (χ1v) is 4.77. The topological polar surface area (TPSA) is 26.0 Å². The standard InChI is InChI=1S/C12H17N/c1-8-7-12(2,3)9-5-4-6-10(13)11(8)9/h4-6,8H,7,13H2,1-3H3/i7D/t7-,8?/m1/s1. The lowest BCUT2D eigenvalue weighted by molar-refractivity contribution is 0.489. The van der Waals surface area contributed by atoms with Gasteiger partial charge in [0.05, 0.1) is 0 Å². The van der Waals surface area contributed by atoms with Gasteiger partial charge in [0.25, 0.3) is 0 Å². The van der Waals surface area contributed by atoms with Gasteiger partial charge in [-0.25, -0.2) is 0 Å². The zero-order valence-corrected chi connectivity index (χ0v) is 8.46. The number of rotatable bonds is 0. The molecule has 0 saturated heterocycles. The maximum atomic E-state index is 8.17. The van der Waals surface area contributed by atoms with E-state index in [0.717, 1.165) is 5.69 Å². The van der Waals surface area contributed by atoms with Crippen molar-refractivity contribution < 1.29 is 1.37 Å². The fourth-order valence-corrected chi connectivity index (χ4v) is 2.45. The molecule has 0 fully saturated rings. The molecule has 0 aliphatic heterocycles. The zero-order chi connectivity index (χ0) is 10.5. The van der Waals surface area contributed by atoms with Crippen LogP contribution >= 0.6 is 0 Å². The molecule has 2 atom stereocenters. The summed E-state index contributed by atoms with van der Waals surface area (Å²) in [5.41, 5.74) is 9.19. The van der Waals surface area contributed by atoms with E-state index in [-0.39, 0.29) is 17.7 Å². The fraction of sp³-hybridized carbons (Fsp3) is 0.500. The van der Waals surface area contributed by atoms with Gasteiger partial charge in [-0.2, -0.15) is 0 Å². The minimum absolute atomic E-state index is 0.0653. The summed E-state index contributed by atoms with van der Waals surface area (Å²) < 4.78 is 8.17. The Labute approximate surface area is 81.4 Å². The first-order valence-electron chi connectivity index (χ1n) is 5.35. The highest BCUT2D eigenvalue weighted by atomic mass is 14.6. The molecule has 0 radical (unpaired) electrons. The van der Waals surface area contributed by atoms with E-state index in [1.54, 1.807) is 0 Å². The SMILES string of the molecule is [2H][C@@H]1C(C)c2c(N)cccc2C1(C)C. The van der Waals surface area contributed by atoms with Gasteiger partial charge in [-0.15, -0.1) is 0 Å². The first kappa shape index (κ1) is 7.43. The molecule has 1 heteroatoms. The predicted octanol–water partition coefficient (Wildman–Crippen LogP) is 3.05. The molecule has 13 heavy (non-hydrogen) atoms. The third kappa shape index (κ3) is 1.14. The molecule has 2 rings (SSSR count).